The number of nitrogen functional groups attached to an aromatic ring is 1. The van der Waals surface area contributed by atoms with E-state index in [1.54, 1.807) is 0 Å². The van der Waals surface area contributed by atoms with Gasteiger partial charge in [-0.05, 0) is 65.1 Å². The van der Waals surface area contributed by atoms with E-state index in [1.807, 2.05) is 17.4 Å². The van der Waals surface area contributed by atoms with Crippen molar-refractivity contribution >= 4 is 17.0 Å². The van der Waals surface area contributed by atoms with Gasteiger partial charge in [0.15, 0.2) is 0 Å². The summed E-state index contributed by atoms with van der Waals surface area (Å²) in [5.41, 5.74) is 12.7. The molecular weight excluding hydrogens is 286 g/mol. The van der Waals surface area contributed by atoms with Gasteiger partial charge >= 0.3 is 0 Å². The Hall–Kier alpha value is -2.06. The number of hydrogen-bond acceptors (Lipinski definition) is 2. The monoisotopic (exact) mass is 305 g/mol. The van der Waals surface area contributed by atoms with Gasteiger partial charge in [0.05, 0.1) is 0 Å². The molecular formula is C20H19NS. The molecule has 22 heavy (non-hydrogen) atoms. The number of rotatable bonds is 2. The van der Waals surface area contributed by atoms with Gasteiger partial charge in [0.1, 0.15) is 0 Å². The SMILES string of the molecule is Nc1cccc(CC2c3ccccc3CCc3ccsc32)c1. The highest BCUT2D eigenvalue weighted by molar-refractivity contribution is 7.10. The molecule has 0 aliphatic heterocycles. The molecule has 1 atom stereocenters. The summed E-state index contributed by atoms with van der Waals surface area (Å²) >= 11 is 1.90. The summed E-state index contributed by atoms with van der Waals surface area (Å²) in [6.45, 7) is 0. The maximum absolute atomic E-state index is 5.97. The smallest absolute Gasteiger partial charge is 0.0316 e. The normalized spacial score (nSPS) is 16.6. The van der Waals surface area contributed by atoms with E-state index in [0.29, 0.717) is 5.92 Å². The first-order valence-electron chi connectivity index (χ1n) is 7.80. The number of aryl methyl sites for hydroxylation is 2. The number of hydrogen-bond donors (Lipinski definition) is 1. The summed E-state index contributed by atoms with van der Waals surface area (Å²) in [4.78, 5) is 1.53. The zero-order chi connectivity index (χ0) is 14.9. The second-order valence-corrected chi connectivity index (χ2v) is 6.96. The molecule has 1 aliphatic carbocycles. The van der Waals surface area contributed by atoms with Crippen molar-refractivity contribution < 1.29 is 0 Å². The number of anilines is 1. The van der Waals surface area contributed by atoms with Crippen LogP contribution in [0.1, 0.15) is 33.0 Å². The molecule has 0 radical (unpaired) electrons. The molecule has 4 rings (SSSR count). The summed E-state index contributed by atoms with van der Waals surface area (Å²) in [7, 11) is 0. The summed E-state index contributed by atoms with van der Waals surface area (Å²) in [6.07, 6.45) is 3.33. The first-order chi connectivity index (χ1) is 10.8. The second-order valence-electron chi connectivity index (χ2n) is 6.01. The first kappa shape index (κ1) is 13.6. The Morgan fingerprint density at radius 2 is 1.82 bits per heavy atom. The predicted octanol–water partition coefficient (Wildman–Crippen LogP) is 4.80. The Bertz CT molecular complexity index is 803. The van der Waals surface area contributed by atoms with Crippen LogP contribution in [0.25, 0.3) is 0 Å². The largest absolute Gasteiger partial charge is 0.399 e. The third kappa shape index (κ3) is 2.44. The highest BCUT2D eigenvalue weighted by atomic mass is 32.1. The first-order valence-corrected chi connectivity index (χ1v) is 8.68. The highest BCUT2D eigenvalue weighted by Gasteiger charge is 2.24. The van der Waals surface area contributed by atoms with Crippen molar-refractivity contribution in [2.45, 2.75) is 25.2 Å². The molecule has 0 saturated heterocycles. The summed E-state index contributed by atoms with van der Waals surface area (Å²) < 4.78 is 0. The molecule has 1 unspecified atom stereocenters. The molecule has 0 amide bonds. The molecule has 1 aliphatic rings. The fourth-order valence-electron chi connectivity index (χ4n) is 3.53. The van der Waals surface area contributed by atoms with Crippen LogP contribution in [0.15, 0.2) is 60.0 Å². The molecule has 3 aromatic rings. The lowest BCUT2D eigenvalue weighted by molar-refractivity contribution is 0.816. The van der Waals surface area contributed by atoms with Crippen molar-refractivity contribution in [2.75, 3.05) is 5.73 Å². The van der Waals surface area contributed by atoms with Crippen LogP contribution in [0.2, 0.25) is 0 Å². The Balaban J connectivity index is 1.81. The van der Waals surface area contributed by atoms with Crippen molar-refractivity contribution in [3.05, 3.63) is 87.1 Å². The van der Waals surface area contributed by atoms with Gasteiger partial charge in [-0.15, -0.1) is 11.3 Å². The van der Waals surface area contributed by atoms with E-state index in [4.69, 9.17) is 5.73 Å². The van der Waals surface area contributed by atoms with Gasteiger partial charge in [0, 0.05) is 16.5 Å². The van der Waals surface area contributed by atoms with Gasteiger partial charge < -0.3 is 5.73 Å². The van der Waals surface area contributed by atoms with Crippen LogP contribution in [0.4, 0.5) is 5.69 Å². The molecule has 2 heteroatoms. The Morgan fingerprint density at radius 1 is 0.955 bits per heavy atom. The minimum atomic E-state index is 0.454. The van der Waals surface area contributed by atoms with E-state index in [9.17, 15) is 0 Å². The zero-order valence-electron chi connectivity index (χ0n) is 12.5. The molecule has 1 nitrogen and oxygen atoms in total. The van der Waals surface area contributed by atoms with Crippen LogP contribution >= 0.6 is 11.3 Å². The summed E-state index contributed by atoms with van der Waals surface area (Å²) in [6, 6.07) is 19.6. The minimum Gasteiger partial charge on any atom is -0.399 e. The average molecular weight is 305 g/mol. The van der Waals surface area contributed by atoms with Gasteiger partial charge in [-0.2, -0.15) is 0 Å². The summed E-state index contributed by atoms with van der Waals surface area (Å²) in [5.74, 6) is 0.454. The number of benzene rings is 2. The molecule has 110 valence electrons. The molecule has 0 bridgehead atoms. The number of thiophene rings is 1. The maximum atomic E-state index is 5.97. The second kappa shape index (κ2) is 5.62. The van der Waals surface area contributed by atoms with E-state index in [1.165, 1.54) is 27.1 Å². The van der Waals surface area contributed by atoms with E-state index in [2.05, 4.69) is 53.9 Å². The number of fused-ring (bicyclic) bond motifs is 2. The van der Waals surface area contributed by atoms with E-state index >= 15 is 0 Å². The van der Waals surface area contributed by atoms with E-state index < -0.39 is 0 Å². The van der Waals surface area contributed by atoms with Crippen LogP contribution in [-0.2, 0) is 19.3 Å². The van der Waals surface area contributed by atoms with Gasteiger partial charge in [-0.25, -0.2) is 0 Å². The van der Waals surface area contributed by atoms with Gasteiger partial charge in [-0.1, -0.05) is 36.4 Å². The predicted molar refractivity (Wildman–Crippen MR) is 94.6 cm³/mol. The topological polar surface area (TPSA) is 26.0 Å². The highest BCUT2D eigenvalue weighted by Crippen LogP contribution is 2.39. The van der Waals surface area contributed by atoms with Crippen molar-refractivity contribution in [1.29, 1.82) is 0 Å². The minimum absolute atomic E-state index is 0.454. The maximum Gasteiger partial charge on any atom is 0.0316 e. The Labute approximate surface area is 135 Å². The molecule has 1 aromatic heterocycles. The van der Waals surface area contributed by atoms with Crippen LogP contribution in [0.5, 0.6) is 0 Å². The lowest BCUT2D eigenvalue weighted by atomic mass is 9.88. The third-order valence-electron chi connectivity index (χ3n) is 4.58. The van der Waals surface area contributed by atoms with Crippen LogP contribution < -0.4 is 5.73 Å². The number of nitrogens with two attached hydrogens (primary N) is 1. The quantitative estimate of drug-likeness (QED) is 0.676. The molecule has 0 spiro atoms. The van der Waals surface area contributed by atoms with Crippen molar-refractivity contribution in [1.82, 2.24) is 0 Å². The van der Waals surface area contributed by atoms with Crippen molar-refractivity contribution in [2.24, 2.45) is 0 Å². The molecule has 0 fully saturated rings. The Morgan fingerprint density at radius 3 is 2.73 bits per heavy atom. The van der Waals surface area contributed by atoms with Crippen LogP contribution in [-0.4, -0.2) is 0 Å². The fraction of sp³-hybridized carbons (Fsp3) is 0.200. The lowest BCUT2D eigenvalue weighted by Gasteiger charge is -2.18. The van der Waals surface area contributed by atoms with Crippen LogP contribution in [0, 0.1) is 0 Å². The Kier molecular flexibility index (Phi) is 3.47. The molecule has 0 saturated carbocycles. The molecule has 2 N–H and O–H groups in total. The van der Waals surface area contributed by atoms with E-state index in [-0.39, 0.29) is 0 Å². The lowest BCUT2D eigenvalue weighted by Crippen LogP contribution is -2.06. The van der Waals surface area contributed by atoms with Gasteiger partial charge in [0.2, 0.25) is 0 Å². The standard InChI is InChI=1S/C20H19NS/c21-17-6-3-4-14(12-17)13-19-18-7-2-1-5-15(18)8-9-16-10-11-22-20(16)19/h1-7,10-12,19H,8-9,13,21H2. The summed E-state index contributed by atoms with van der Waals surface area (Å²) in [5, 5.41) is 2.24. The van der Waals surface area contributed by atoms with Gasteiger partial charge in [-0.3, -0.25) is 0 Å². The fourth-order valence-corrected chi connectivity index (χ4v) is 4.61. The van der Waals surface area contributed by atoms with Crippen molar-refractivity contribution in [3.63, 3.8) is 0 Å². The molecule has 2 aromatic carbocycles. The van der Waals surface area contributed by atoms with Crippen LogP contribution in [0.3, 0.4) is 0 Å². The van der Waals surface area contributed by atoms with E-state index in [0.717, 1.165) is 24.9 Å². The molecule has 1 heterocycles. The third-order valence-corrected chi connectivity index (χ3v) is 5.66. The van der Waals surface area contributed by atoms with Crippen molar-refractivity contribution in [3.8, 4) is 0 Å². The van der Waals surface area contributed by atoms with Gasteiger partial charge in [0.25, 0.3) is 0 Å². The average Bonchev–Trinajstić information content (AvgIpc) is 2.94. The zero-order valence-corrected chi connectivity index (χ0v) is 13.3.